The number of unbranched alkanes of at least 4 members (excludes halogenated alkanes) is 1. The van der Waals surface area contributed by atoms with E-state index >= 15 is 0 Å². The number of hydrogen-bond acceptors (Lipinski definition) is 2. The normalized spacial score (nSPS) is 11.2. The molecule has 2 heteroatoms. The summed E-state index contributed by atoms with van der Waals surface area (Å²) in [6.45, 7) is 10.4. The Kier molecular flexibility index (Phi) is 8.52. The summed E-state index contributed by atoms with van der Waals surface area (Å²) in [6.07, 6.45) is 3.48. The lowest BCUT2D eigenvalue weighted by Gasteiger charge is -2.08. The van der Waals surface area contributed by atoms with E-state index in [9.17, 15) is 0 Å². The van der Waals surface area contributed by atoms with Crippen molar-refractivity contribution in [1.29, 1.82) is 0 Å². The molecule has 0 amide bonds. The van der Waals surface area contributed by atoms with Crippen molar-refractivity contribution in [3.63, 3.8) is 0 Å². The molecule has 0 spiro atoms. The molecule has 0 radical (unpaired) electrons. The summed E-state index contributed by atoms with van der Waals surface area (Å²) in [5.74, 6) is 0.613. The number of rotatable bonds is 10. The predicted octanol–water partition coefficient (Wildman–Crippen LogP) is 4.11. The van der Waals surface area contributed by atoms with E-state index in [0.717, 1.165) is 32.7 Å². The standard InChI is InChI=1S/C17H29NO/c1-4-5-12-19-13-6-11-18-14-16-7-9-17(10-8-16)15(2)3/h7-10,15,18H,4-6,11-14H2,1-3H3. The van der Waals surface area contributed by atoms with Crippen LogP contribution in [0.2, 0.25) is 0 Å². The summed E-state index contributed by atoms with van der Waals surface area (Å²) in [4.78, 5) is 0. The van der Waals surface area contributed by atoms with E-state index in [1.807, 2.05) is 0 Å². The topological polar surface area (TPSA) is 21.3 Å². The lowest BCUT2D eigenvalue weighted by molar-refractivity contribution is 0.129. The zero-order chi connectivity index (χ0) is 13.9. The minimum Gasteiger partial charge on any atom is -0.381 e. The van der Waals surface area contributed by atoms with Crippen molar-refractivity contribution < 1.29 is 4.74 Å². The molecule has 0 fully saturated rings. The molecule has 0 aliphatic heterocycles. The highest BCUT2D eigenvalue weighted by atomic mass is 16.5. The molecule has 1 aromatic carbocycles. The van der Waals surface area contributed by atoms with Gasteiger partial charge in [-0.05, 0) is 36.4 Å². The summed E-state index contributed by atoms with van der Waals surface area (Å²) in [6, 6.07) is 8.91. The van der Waals surface area contributed by atoms with Crippen LogP contribution in [0.4, 0.5) is 0 Å². The maximum absolute atomic E-state index is 5.53. The highest BCUT2D eigenvalue weighted by Gasteiger charge is 1.98. The third-order valence-corrected chi connectivity index (χ3v) is 3.26. The van der Waals surface area contributed by atoms with Crippen LogP contribution in [0, 0.1) is 0 Å². The van der Waals surface area contributed by atoms with Gasteiger partial charge in [0.25, 0.3) is 0 Å². The van der Waals surface area contributed by atoms with Crippen molar-refractivity contribution in [3.05, 3.63) is 35.4 Å². The minimum atomic E-state index is 0.613. The quantitative estimate of drug-likeness (QED) is 0.642. The number of ether oxygens (including phenoxy) is 1. The van der Waals surface area contributed by atoms with E-state index < -0.39 is 0 Å². The first-order valence-electron chi connectivity index (χ1n) is 7.61. The average molecular weight is 263 g/mol. The summed E-state index contributed by atoms with van der Waals surface area (Å²) in [5.41, 5.74) is 2.77. The molecule has 0 saturated carbocycles. The van der Waals surface area contributed by atoms with Crippen LogP contribution in [-0.2, 0) is 11.3 Å². The van der Waals surface area contributed by atoms with Crippen molar-refractivity contribution in [2.45, 2.75) is 52.5 Å². The Hall–Kier alpha value is -0.860. The molecule has 0 saturated heterocycles. The fourth-order valence-corrected chi connectivity index (χ4v) is 1.90. The molecule has 0 aliphatic carbocycles. The van der Waals surface area contributed by atoms with Crippen molar-refractivity contribution in [2.24, 2.45) is 0 Å². The highest BCUT2D eigenvalue weighted by molar-refractivity contribution is 5.24. The second-order valence-corrected chi connectivity index (χ2v) is 5.39. The van der Waals surface area contributed by atoms with Crippen molar-refractivity contribution in [1.82, 2.24) is 5.32 Å². The second kappa shape index (κ2) is 9.99. The van der Waals surface area contributed by atoms with E-state index in [1.54, 1.807) is 0 Å². The first-order chi connectivity index (χ1) is 9.24. The first-order valence-corrected chi connectivity index (χ1v) is 7.61. The Bertz CT molecular complexity index is 319. The molecule has 1 rings (SSSR count). The average Bonchev–Trinajstić information content (AvgIpc) is 2.42. The van der Waals surface area contributed by atoms with Crippen LogP contribution in [0.5, 0.6) is 0 Å². The fraction of sp³-hybridized carbons (Fsp3) is 0.647. The zero-order valence-electron chi connectivity index (χ0n) is 12.7. The van der Waals surface area contributed by atoms with E-state index in [1.165, 1.54) is 24.0 Å². The van der Waals surface area contributed by atoms with Gasteiger partial charge in [0.15, 0.2) is 0 Å². The number of nitrogens with one attached hydrogen (secondary N) is 1. The van der Waals surface area contributed by atoms with Gasteiger partial charge in [0, 0.05) is 19.8 Å². The van der Waals surface area contributed by atoms with Crippen molar-refractivity contribution in [3.8, 4) is 0 Å². The van der Waals surface area contributed by atoms with Crippen LogP contribution in [-0.4, -0.2) is 19.8 Å². The molecule has 2 nitrogen and oxygen atoms in total. The SMILES string of the molecule is CCCCOCCCNCc1ccc(C(C)C)cc1. The molecule has 108 valence electrons. The molecular formula is C17H29NO. The predicted molar refractivity (Wildman–Crippen MR) is 82.6 cm³/mol. The van der Waals surface area contributed by atoms with Gasteiger partial charge in [-0.15, -0.1) is 0 Å². The third-order valence-electron chi connectivity index (χ3n) is 3.26. The molecule has 0 bridgehead atoms. The zero-order valence-corrected chi connectivity index (χ0v) is 12.7. The Balaban J connectivity index is 2.06. The van der Waals surface area contributed by atoms with Crippen molar-refractivity contribution in [2.75, 3.05) is 19.8 Å². The van der Waals surface area contributed by atoms with Gasteiger partial charge in [-0.3, -0.25) is 0 Å². The maximum Gasteiger partial charge on any atom is 0.0478 e. The van der Waals surface area contributed by atoms with E-state index in [0.29, 0.717) is 5.92 Å². The molecule has 19 heavy (non-hydrogen) atoms. The Morgan fingerprint density at radius 1 is 1.05 bits per heavy atom. The van der Waals surface area contributed by atoms with Crippen LogP contribution < -0.4 is 5.32 Å². The minimum absolute atomic E-state index is 0.613. The van der Waals surface area contributed by atoms with E-state index in [4.69, 9.17) is 4.74 Å². The van der Waals surface area contributed by atoms with Gasteiger partial charge in [0.2, 0.25) is 0 Å². The maximum atomic E-state index is 5.53. The van der Waals surface area contributed by atoms with Gasteiger partial charge in [0.05, 0.1) is 0 Å². The highest BCUT2D eigenvalue weighted by Crippen LogP contribution is 2.14. The lowest BCUT2D eigenvalue weighted by Crippen LogP contribution is -2.16. The molecule has 1 aromatic rings. The van der Waals surface area contributed by atoms with E-state index in [-0.39, 0.29) is 0 Å². The monoisotopic (exact) mass is 263 g/mol. The van der Waals surface area contributed by atoms with Crippen LogP contribution in [0.3, 0.4) is 0 Å². The summed E-state index contributed by atoms with van der Waals surface area (Å²) in [7, 11) is 0. The molecule has 0 aliphatic rings. The van der Waals surface area contributed by atoms with Gasteiger partial charge in [0.1, 0.15) is 0 Å². The number of hydrogen-bond donors (Lipinski definition) is 1. The Morgan fingerprint density at radius 2 is 1.74 bits per heavy atom. The fourth-order valence-electron chi connectivity index (χ4n) is 1.90. The molecule has 0 atom stereocenters. The molecular weight excluding hydrogens is 234 g/mol. The van der Waals surface area contributed by atoms with Gasteiger partial charge in [-0.25, -0.2) is 0 Å². The Morgan fingerprint density at radius 3 is 2.37 bits per heavy atom. The molecule has 0 aromatic heterocycles. The van der Waals surface area contributed by atoms with Crippen molar-refractivity contribution >= 4 is 0 Å². The molecule has 0 heterocycles. The van der Waals surface area contributed by atoms with Crippen LogP contribution in [0.1, 0.15) is 57.1 Å². The third kappa shape index (κ3) is 7.34. The molecule has 0 unspecified atom stereocenters. The van der Waals surface area contributed by atoms with E-state index in [2.05, 4.69) is 50.4 Å². The first kappa shape index (κ1) is 16.2. The van der Waals surface area contributed by atoms with Gasteiger partial charge in [-0.1, -0.05) is 51.5 Å². The Labute approximate surface area is 118 Å². The van der Waals surface area contributed by atoms with Gasteiger partial charge >= 0.3 is 0 Å². The molecule has 1 N–H and O–H groups in total. The summed E-state index contributed by atoms with van der Waals surface area (Å²) >= 11 is 0. The summed E-state index contributed by atoms with van der Waals surface area (Å²) < 4.78 is 5.53. The lowest BCUT2D eigenvalue weighted by atomic mass is 10.0. The largest absolute Gasteiger partial charge is 0.381 e. The van der Waals surface area contributed by atoms with Gasteiger partial charge < -0.3 is 10.1 Å². The van der Waals surface area contributed by atoms with Crippen LogP contribution >= 0.6 is 0 Å². The second-order valence-electron chi connectivity index (χ2n) is 5.39. The van der Waals surface area contributed by atoms with Crippen LogP contribution in [0.15, 0.2) is 24.3 Å². The smallest absolute Gasteiger partial charge is 0.0478 e. The van der Waals surface area contributed by atoms with Gasteiger partial charge in [-0.2, -0.15) is 0 Å². The van der Waals surface area contributed by atoms with Crippen LogP contribution in [0.25, 0.3) is 0 Å². The summed E-state index contributed by atoms with van der Waals surface area (Å²) in [5, 5.41) is 3.46. The number of benzene rings is 1.